The molecular formula is C18H22BrNO. The van der Waals surface area contributed by atoms with Gasteiger partial charge in [0.05, 0.1) is 7.11 Å². The highest BCUT2D eigenvalue weighted by molar-refractivity contribution is 9.10. The molecule has 0 bridgehead atoms. The van der Waals surface area contributed by atoms with Gasteiger partial charge < -0.3 is 10.1 Å². The van der Waals surface area contributed by atoms with Crippen molar-refractivity contribution in [2.75, 3.05) is 14.2 Å². The minimum absolute atomic E-state index is 0.348. The van der Waals surface area contributed by atoms with Crippen LogP contribution < -0.4 is 10.1 Å². The molecule has 2 nitrogen and oxygen atoms in total. The van der Waals surface area contributed by atoms with Gasteiger partial charge in [0.15, 0.2) is 0 Å². The first-order chi connectivity index (χ1) is 10.2. The average molecular weight is 348 g/mol. The number of nitrogens with one attached hydrogen (secondary N) is 1. The van der Waals surface area contributed by atoms with Gasteiger partial charge in [0.25, 0.3) is 0 Å². The van der Waals surface area contributed by atoms with Gasteiger partial charge in [0, 0.05) is 10.5 Å². The molecule has 0 heterocycles. The molecule has 0 aliphatic heterocycles. The van der Waals surface area contributed by atoms with E-state index in [1.165, 1.54) is 21.2 Å². The molecule has 2 rings (SSSR count). The highest BCUT2D eigenvalue weighted by Crippen LogP contribution is 2.29. The Morgan fingerprint density at radius 1 is 1.14 bits per heavy atom. The summed E-state index contributed by atoms with van der Waals surface area (Å²) >= 11 is 3.71. The summed E-state index contributed by atoms with van der Waals surface area (Å²) in [4.78, 5) is 0. The molecule has 2 aromatic carbocycles. The highest BCUT2D eigenvalue weighted by atomic mass is 79.9. The zero-order valence-electron chi connectivity index (χ0n) is 12.8. The Labute approximate surface area is 135 Å². The monoisotopic (exact) mass is 347 g/mol. The third kappa shape index (κ3) is 4.08. The van der Waals surface area contributed by atoms with Crippen molar-refractivity contribution in [3.63, 3.8) is 0 Å². The smallest absolute Gasteiger partial charge is 0.118 e. The van der Waals surface area contributed by atoms with Crippen molar-refractivity contribution in [2.24, 2.45) is 0 Å². The van der Waals surface area contributed by atoms with E-state index in [9.17, 15) is 0 Å². The zero-order chi connectivity index (χ0) is 15.2. The SMILES string of the molecule is CNC(CCc1ccc(OC)cc1)c1cccc(C)c1Br. The largest absolute Gasteiger partial charge is 0.497 e. The van der Waals surface area contributed by atoms with E-state index >= 15 is 0 Å². The van der Waals surface area contributed by atoms with E-state index in [1.54, 1.807) is 7.11 Å². The maximum Gasteiger partial charge on any atom is 0.118 e. The number of methoxy groups -OCH3 is 1. The first kappa shape index (κ1) is 16.1. The quantitative estimate of drug-likeness (QED) is 0.820. The van der Waals surface area contributed by atoms with Crippen LogP contribution in [0.3, 0.4) is 0 Å². The molecule has 1 atom stereocenters. The fourth-order valence-corrected chi connectivity index (χ4v) is 3.04. The van der Waals surface area contributed by atoms with E-state index < -0.39 is 0 Å². The number of halogens is 1. The predicted octanol–water partition coefficient (Wildman–Crippen LogP) is 4.66. The first-order valence-corrected chi connectivity index (χ1v) is 8.00. The lowest BCUT2D eigenvalue weighted by molar-refractivity contribution is 0.414. The predicted molar refractivity (Wildman–Crippen MR) is 92.0 cm³/mol. The number of hydrogen-bond donors (Lipinski definition) is 1. The van der Waals surface area contributed by atoms with Crippen LogP contribution in [0.15, 0.2) is 46.9 Å². The summed E-state index contributed by atoms with van der Waals surface area (Å²) in [5, 5.41) is 3.42. The van der Waals surface area contributed by atoms with Crippen LogP contribution in [0.2, 0.25) is 0 Å². The van der Waals surface area contributed by atoms with Crippen LogP contribution in [0.5, 0.6) is 5.75 Å². The molecule has 0 spiro atoms. The van der Waals surface area contributed by atoms with Crippen molar-refractivity contribution >= 4 is 15.9 Å². The van der Waals surface area contributed by atoms with Gasteiger partial charge >= 0.3 is 0 Å². The van der Waals surface area contributed by atoms with Gasteiger partial charge in [-0.15, -0.1) is 0 Å². The Bertz CT molecular complexity index is 580. The van der Waals surface area contributed by atoms with E-state index in [2.05, 4.69) is 58.5 Å². The molecule has 0 radical (unpaired) electrons. The Morgan fingerprint density at radius 2 is 1.86 bits per heavy atom. The van der Waals surface area contributed by atoms with Crippen LogP contribution in [0.4, 0.5) is 0 Å². The third-order valence-corrected chi connectivity index (χ3v) is 4.91. The van der Waals surface area contributed by atoms with E-state index in [1.807, 2.05) is 19.2 Å². The summed E-state index contributed by atoms with van der Waals surface area (Å²) in [7, 11) is 3.72. The molecule has 21 heavy (non-hydrogen) atoms. The normalized spacial score (nSPS) is 12.2. The number of rotatable bonds is 6. The maximum absolute atomic E-state index is 5.20. The number of aryl methyl sites for hydroxylation is 2. The summed E-state index contributed by atoms with van der Waals surface area (Å²) < 4.78 is 6.40. The van der Waals surface area contributed by atoms with Gasteiger partial charge in [0.2, 0.25) is 0 Å². The van der Waals surface area contributed by atoms with Crippen molar-refractivity contribution < 1.29 is 4.74 Å². The van der Waals surface area contributed by atoms with Crippen LogP contribution in [0, 0.1) is 6.92 Å². The standard InChI is InChI=1S/C18H22BrNO/c1-13-5-4-6-16(18(13)19)17(20-2)12-9-14-7-10-15(21-3)11-8-14/h4-8,10-11,17,20H,9,12H2,1-3H3. The molecule has 112 valence electrons. The molecule has 0 aromatic heterocycles. The number of hydrogen-bond acceptors (Lipinski definition) is 2. The van der Waals surface area contributed by atoms with Gasteiger partial charge in [0.1, 0.15) is 5.75 Å². The average Bonchev–Trinajstić information content (AvgIpc) is 2.52. The van der Waals surface area contributed by atoms with Crippen molar-refractivity contribution in [3.05, 3.63) is 63.6 Å². The van der Waals surface area contributed by atoms with E-state index in [4.69, 9.17) is 4.74 Å². The highest BCUT2D eigenvalue weighted by Gasteiger charge is 2.13. The molecule has 0 saturated heterocycles. The van der Waals surface area contributed by atoms with Gasteiger partial charge in [-0.1, -0.05) is 46.3 Å². The topological polar surface area (TPSA) is 21.3 Å². The van der Waals surface area contributed by atoms with Crippen LogP contribution in [-0.4, -0.2) is 14.2 Å². The van der Waals surface area contributed by atoms with Crippen molar-refractivity contribution in [2.45, 2.75) is 25.8 Å². The Balaban J connectivity index is 2.06. The Kier molecular flexibility index (Phi) is 5.83. The minimum Gasteiger partial charge on any atom is -0.497 e. The maximum atomic E-state index is 5.20. The summed E-state index contributed by atoms with van der Waals surface area (Å²) in [5.41, 5.74) is 3.93. The van der Waals surface area contributed by atoms with Crippen LogP contribution in [-0.2, 0) is 6.42 Å². The second-order valence-electron chi connectivity index (χ2n) is 5.21. The molecule has 3 heteroatoms. The molecule has 1 unspecified atom stereocenters. The van der Waals surface area contributed by atoms with Crippen molar-refractivity contribution in [1.82, 2.24) is 5.32 Å². The third-order valence-electron chi connectivity index (χ3n) is 3.83. The van der Waals surface area contributed by atoms with E-state index in [0.717, 1.165) is 18.6 Å². The second-order valence-corrected chi connectivity index (χ2v) is 6.00. The summed E-state index contributed by atoms with van der Waals surface area (Å²) in [6.45, 7) is 2.13. The molecule has 0 aliphatic rings. The molecular weight excluding hydrogens is 326 g/mol. The summed E-state index contributed by atoms with van der Waals surface area (Å²) in [5.74, 6) is 0.908. The fraction of sp³-hybridized carbons (Fsp3) is 0.333. The molecule has 0 fully saturated rings. The summed E-state index contributed by atoms with van der Waals surface area (Å²) in [6.07, 6.45) is 2.10. The molecule has 0 amide bonds. The molecule has 2 aromatic rings. The second kappa shape index (κ2) is 7.62. The Hall–Kier alpha value is -1.32. The number of benzene rings is 2. The lowest BCUT2D eigenvalue weighted by Crippen LogP contribution is -2.17. The van der Waals surface area contributed by atoms with Gasteiger partial charge in [-0.05, 0) is 55.6 Å². The minimum atomic E-state index is 0.348. The van der Waals surface area contributed by atoms with Gasteiger partial charge in [-0.3, -0.25) is 0 Å². The number of ether oxygens (including phenoxy) is 1. The lowest BCUT2D eigenvalue weighted by atomic mass is 9.98. The summed E-state index contributed by atoms with van der Waals surface area (Å²) in [6, 6.07) is 15.1. The van der Waals surface area contributed by atoms with Crippen molar-refractivity contribution in [1.29, 1.82) is 0 Å². The molecule has 1 N–H and O–H groups in total. The van der Waals surface area contributed by atoms with Crippen molar-refractivity contribution in [3.8, 4) is 5.75 Å². The first-order valence-electron chi connectivity index (χ1n) is 7.21. The fourth-order valence-electron chi connectivity index (χ4n) is 2.50. The van der Waals surface area contributed by atoms with E-state index in [-0.39, 0.29) is 0 Å². The van der Waals surface area contributed by atoms with Gasteiger partial charge in [-0.2, -0.15) is 0 Å². The van der Waals surface area contributed by atoms with Crippen LogP contribution in [0.25, 0.3) is 0 Å². The van der Waals surface area contributed by atoms with Gasteiger partial charge in [-0.25, -0.2) is 0 Å². The Morgan fingerprint density at radius 3 is 2.48 bits per heavy atom. The zero-order valence-corrected chi connectivity index (χ0v) is 14.4. The van der Waals surface area contributed by atoms with Crippen LogP contribution in [0.1, 0.15) is 29.2 Å². The molecule has 0 saturated carbocycles. The van der Waals surface area contributed by atoms with Crippen LogP contribution >= 0.6 is 15.9 Å². The lowest BCUT2D eigenvalue weighted by Gasteiger charge is -2.19. The van der Waals surface area contributed by atoms with E-state index in [0.29, 0.717) is 6.04 Å². The molecule has 0 aliphatic carbocycles.